The van der Waals surface area contributed by atoms with Gasteiger partial charge in [0.15, 0.2) is 0 Å². The fourth-order valence-electron chi connectivity index (χ4n) is 1.77. The van der Waals surface area contributed by atoms with Gasteiger partial charge in [-0.25, -0.2) is 8.78 Å². The lowest BCUT2D eigenvalue weighted by atomic mass is 10.00. The van der Waals surface area contributed by atoms with E-state index in [0.29, 0.717) is 0 Å². The normalized spacial score (nSPS) is 11.8. The highest BCUT2D eigenvalue weighted by Gasteiger charge is 2.39. The van der Waals surface area contributed by atoms with E-state index >= 15 is 0 Å². The van der Waals surface area contributed by atoms with Crippen molar-refractivity contribution in [3.63, 3.8) is 0 Å². The molecule has 1 rings (SSSR count). The zero-order chi connectivity index (χ0) is 15.5. The van der Waals surface area contributed by atoms with Gasteiger partial charge in [-0.05, 0) is 19.4 Å². The summed E-state index contributed by atoms with van der Waals surface area (Å²) < 4.78 is 69.0. The predicted molar refractivity (Wildman–Crippen MR) is 59.3 cm³/mol. The zero-order valence-corrected chi connectivity index (χ0v) is 10.7. The lowest BCUT2D eigenvalue weighted by molar-refractivity contribution is -0.143. The van der Waals surface area contributed by atoms with Crippen LogP contribution in [0.4, 0.5) is 22.0 Å². The summed E-state index contributed by atoms with van der Waals surface area (Å²) in [7, 11) is 0. The molecule has 0 aliphatic carbocycles. The molecule has 1 aromatic heterocycles. The van der Waals surface area contributed by atoms with Gasteiger partial charge in [0.05, 0.1) is 29.8 Å². The van der Waals surface area contributed by atoms with Crippen LogP contribution in [0.25, 0.3) is 0 Å². The minimum Gasteiger partial charge on any atom is -0.466 e. The molecule has 0 unspecified atom stereocenters. The Bertz CT molecular complexity index is 499. The summed E-state index contributed by atoms with van der Waals surface area (Å²) in [5.74, 6) is -0.904. The van der Waals surface area contributed by atoms with E-state index in [9.17, 15) is 26.7 Å². The first kappa shape index (κ1) is 16.3. The Labute approximate surface area is 111 Å². The number of aryl methyl sites for hydroxylation is 1. The highest BCUT2D eigenvalue weighted by atomic mass is 19.4. The first-order valence-corrected chi connectivity index (χ1v) is 5.67. The maximum Gasteiger partial charge on any atom is 0.417 e. The molecule has 0 saturated carbocycles. The average molecular weight is 297 g/mol. The molecule has 1 heterocycles. The highest BCUT2D eigenvalue weighted by Crippen LogP contribution is 2.39. The van der Waals surface area contributed by atoms with Gasteiger partial charge in [-0.15, -0.1) is 0 Å². The van der Waals surface area contributed by atoms with E-state index in [1.807, 2.05) is 0 Å². The van der Waals surface area contributed by atoms with Gasteiger partial charge in [-0.3, -0.25) is 9.78 Å². The Kier molecular flexibility index (Phi) is 5.02. The van der Waals surface area contributed by atoms with E-state index in [-0.39, 0.29) is 6.61 Å². The van der Waals surface area contributed by atoms with Crippen LogP contribution >= 0.6 is 0 Å². The van der Waals surface area contributed by atoms with Crippen LogP contribution in [0.15, 0.2) is 6.20 Å². The molecule has 1 aromatic rings. The van der Waals surface area contributed by atoms with Crippen molar-refractivity contribution in [2.75, 3.05) is 6.61 Å². The Balaban J connectivity index is 3.36. The first-order chi connectivity index (χ1) is 9.18. The maximum atomic E-state index is 12.9. The first-order valence-electron chi connectivity index (χ1n) is 5.67. The molecule has 0 radical (unpaired) electrons. The Morgan fingerprint density at radius 3 is 2.45 bits per heavy atom. The number of nitrogens with zero attached hydrogens (tertiary/aromatic N) is 1. The molecule has 0 saturated heterocycles. The second-order valence-corrected chi connectivity index (χ2v) is 3.96. The van der Waals surface area contributed by atoms with Crippen molar-refractivity contribution < 1.29 is 31.5 Å². The Morgan fingerprint density at radius 1 is 1.40 bits per heavy atom. The lowest BCUT2D eigenvalue weighted by Crippen LogP contribution is -2.18. The van der Waals surface area contributed by atoms with Gasteiger partial charge in [0.2, 0.25) is 0 Å². The van der Waals surface area contributed by atoms with Crippen LogP contribution in [0.2, 0.25) is 0 Å². The number of hydrogen-bond donors (Lipinski definition) is 0. The minimum absolute atomic E-state index is 0.000828. The molecule has 112 valence electrons. The van der Waals surface area contributed by atoms with E-state index in [1.54, 1.807) is 0 Å². The van der Waals surface area contributed by atoms with Crippen LogP contribution in [0.1, 0.15) is 35.7 Å². The molecule has 0 aromatic carbocycles. The van der Waals surface area contributed by atoms with Crippen LogP contribution < -0.4 is 0 Å². The fraction of sp³-hybridized carbons (Fsp3) is 0.500. The molecule has 0 fully saturated rings. The van der Waals surface area contributed by atoms with Crippen LogP contribution in [0.5, 0.6) is 0 Å². The molecule has 0 spiro atoms. The van der Waals surface area contributed by atoms with Crippen LogP contribution in [0.3, 0.4) is 0 Å². The summed E-state index contributed by atoms with van der Waals surface area (Å²) >= 11 is 0. The number of carbonyl (C=O) groups excluding carboxylic acids is 1. The second-order valence-electron chi connectivity index (χ2n) is 3.96. The van der Waals surface area contributed by atoms with E-state index < -0.39 is 47.4 Å². The number of alkyl halides is 5. The van der Waals surface area contributed by atoms with Crippen molar-refractivity contribution in [3.8, 4) is 0 Å². The number of halogens is 5. The molecule has 0 aliphatic heterocycles. The molecule has 0 bridgehead atoms. The second kappa shape index (κ2) is 6.15. The third-order valence-corrected chi connectivity index (χ3v) is 2.51. The molecular weight excluding hydrogens is 285 g/mol. The van der Waals surface area contributed by atoms with Crippen molar-refractivity contribution in [2.45, 2.75) is 32.9 Å². The summed E-state index contributed by atoms with van der Waals surface area (Å²) in [6.45, 7) is 2.53. The monoisotopic (exact) mass is 297 g/mol. The van der Waals surface area contributed by atoms with Crippen LogP contribution in [-0.4, -0.2) is 17.6 Å². The summed E-state index contributed by atoms with van der Waals surface area (Å²) in [5.41, 5.74) is -3.73. The van der Waals surface area contributed by atoms with Gasteiger partial charge >= 0.3 is 12.1 Å². The van der Waals surface area contributed by atoms with Gasteiger partial charge in [-0.2, -0.15) is 13.2 Å². The fourth-order valence-corrected chi connectivity index (χ4v) is 1.77. The molecule has 0 amide bonds. The van der Waals surface area contributed by atoms with Crippen LogP contribution in [0, 0.1) is 6.92 Å². The molecule has 0 atom stereocenters. The van der Waals surface area contributed by atoms with E-state index in [2.05, 4.69) is 9.72 Å². The standard InChI is InChI=1S/C12H12F5NO2/c1-3-20-8(19)4-7-9(11(13)14)10(12(15,16)17)6(2)5-18-7/h5,11H,3-4H2,1-2H3. The average Bonchev–Trinajstić information content (AvgIpc) is 2.29. The van der Waals surface area contributed by atoms with Gasteiger partial charge < -0.3 is 4.74 Å². The topological polar surface area (TPSA) is 39.2 Å². The summed E-state index contributed by atoms with van der Waals surface area (Å²) in [5, 5.41) is 0. The number of hydrogen-bond acceptors (Lipinski definition) is 3. The number of carbonyl (C=O) groups is 1. The Morgan fingerprint density at radius 2 is 2.00 bits per heavy atom. The SMILES string of the molecule is CCOC(=O)Cc1ncc(C)c(C(F)(F)F)c1C(F)F. The van der Waals surface area contributed by atoms with E-state index in [0.717, 1.165) is 13.1 Å². The molecule has 20 heavy (non-hydrogen) atoms. The van der Waals surface area contributed by atoms with Gasteiger partial charge in [0.1, 0.15) is 0 Å². The summed E-state index contributed by atoms with van der Waals surface area (Å²) in [6.07, 6.45) is -8.23. The number of pyridine rings is 1. The summed E-state index contributed by atoms with van der Waals surface area (Å²) in [4.78, 5) is 14.8. The quantitative estimate of drug-likeness (QED) is 0.631. The number of ether oxygens (including phenoxy) is 1. The van der Waals surface area contributed by atoms with Gasteiger partial charge in [-0.1, -0.05) is 0 Å². The van der Waals surface area contributed by atoms with Crippen molar-refractivity contribution in [2.24, 2.45) is 0 Å². The largest absolute Gasteiger partial charge is 0.466 e. The van der Waals surface area contributed by atoms with Gasteiger partial charge in [0.25, 0.3) is 6.43 Å². The molecule has 0 aliphatic rings. The third kappa shape index (κ3) is 3.64. The third-order valence-electron chi connectivity index (χ3n) is 2.51. The number of rotatable bonds is 4. The molecular formula is C12H12F5NO2. The lowest BCUT2D eigenvalue weighted by Gasteiger charge is -2.17. The van der Waals surface area contributed by atoms with Crippen LogP contribution in [-0.2, 0) is 22.1 Å². The van der Waals surface area contributed by atoms with E-state index in [1.165, 1.54) is 6.92 Å². The smallest absolute Gasteiger partial charge is 0.417 e. The van der Waals surface area contributed by atoms with Crippen molar-refractivity contribution >= 4 is 5.97 Å². The number of aromatic nitrogens is 1. The van der Waals surface area contributed by atoms with E-state index in [4.69, 9.17) is 0 Å². The number of esters is 1. The minimum atomic E-state index is -4.94. The van der Waals surface area contributed by atoms with Gasteiger partial charge in [0, 0.05) is 6.20 Å². The molecule has 0 N–H and O–H groups in total. The van der Waals surface area contributed by atoms with Crippen molar-refractivity contribution in [3.05, 3.63) is 28.6 Å². The summed E-state index contributed by atoms with van der Waals surface area (Å²) in [6, 6.07) is 0. The molecule has 8 heteroatoms. The highest BCUT2D eigenvalue weighted by molar-refractivity contribution is 5.72. The zero-order valence-electron chi connectivity index (χ0n) is 10.7. The maximum absolute atomic E-state index is 12.9. The molecule has 3 nitrogen and oxygen atoms in total. The van der Waals surface area contributed by atoms with Crippen molar-refractivity contribution in [1.29, 1.82) is 0 Å². The predicted octanol–water partition coefficient (Wildman–Crippen LogP) is 3.45. The Hall–Kier alpha value is -1.73. The van der Waals surface area contributed by atoms with Crippen molar-refractivity contribution in [1.82, 2.24) is 4.98 Å².